The van der Waals surface area contributed by atoms with Crippen LogP contribution in [0.1, 0.15) is 50.9 Å². The highest BCUT2D eigenvalue weighted by atomic mass is 16.6. The van der Waals surface area contributed by atoms with E-state index in [1.54, 1.807) is 0 Å². The molecule has 1 amide bonds. The minimum absolute atomic E-state index is 0.0260. The zero-order valence-corrected chi connectivity index (χ0v) is 13.9. The van der Waals surface area contributed by atoms with E-state index in [4.69, 9.17) is 4.74 Å². The Morgan fingerprint density at radius 1 is 1.17 bits per heavy atom. The van der Waals surface area contributed by atoms with E-state index < -0.39 is 5.60 Å². The van der Waals surface area contributed by atoms with E-state index in [2.05, 4.69) is 12.1 Å². The van der Waals surface area contributed by atoms with Crippen LogP contribution in [0.4, 0.5) is 4.79 Å². The summed E-state index contributed by atoms with van der Waals surface area (Å²) in [4.78, 5) is 14.6. The molecule has 23 heavy (non-hydrogen) atoms. The SMILES string of the molecule is CC1=C(CO)C2=C1C1c3ccccc3C2N1C(=O)OC(C)(C)C. The van der Waals surface area contributed by atoms with Gasteiger partial charge in [-0.2, -0.15) is 0 Å². The number of fused-ring (bicyclic) bond motifs is 7. The summed E-state index contributed by atoms with van der Waals surface area (Å²) in [6.45, 7) is 7.70. The van der Waals surface area contributed by atoms with Crippen LogP contribution in [-0.4, -0.2) is 28.3 Å². The summed E-state index contributed by atoms with van der Waals surface area (Å²) in [7, 11) is 0. The average molecular weight is 311 g/mol. The molecule has 0 fully saturated rings. The number of carbonyl (C=O) groups is 1. The molecule has 4 heteroatoms. The van der Waals surface area contributed by atoms with E-state index in [1.165, 1.54) is 11.1 Å². The highest BCUT2D eigenvalue weighted by Crippen LogP contribution is 2.64. The van der Waals surface area contributed by atoms with Gasteiger partial charge in [0.15, 0.2) is 0 Å². The molecule has 2 heterocycles. The topological polar surface area (TPSA) is 49.8 Å². The Hall–Kier alpha value is -2.07. The maximum atomic E-state index is 12.8. The van der Waals surface area contributed by atoms with Crippen molar-refractivity contribution in [3.05, 3.63) is 57.7 Å². The van der Waals surface area contributed by atoms with Gasteiger partial charge in [-0.05, 0) is 61.1 Å². The fourth-order valence-corrected chi connectivity index (χ4v) is 4.11. The van der Waals surface area contributed by atoms with Gasteiger partial charge in [0.2, 0.25) is 0 Å². The number of benzene rings is 1. The van der Waals surface area contributed by atoms with Gasteiger partial charge in [-0.1, -0.05) is 24.3 Å². The lowest BCUT2D eigenvalue weighted by Crippen LogP contribution is -2.35. The monoisotopic (exact) mass is 311 g/mol. The van der Waals surface area contributed by atoms with E-state index in [0.717, 1.165) is 22.3 Å². The highest BCUT2D eigenvalue weighted by molar-refractivity contribution is 5.81. The number of nitrogens with zero attached hydrogens (tertiary/aromatic N) is 1. The van der Waals surface area contributed by atoms with Crippen LogP contribution < -0.4 is 0 Å². The van der Waals surface area contributed by atoms with Crippen molar-refractivity contribution in [3.8, 4) is 0 Å². The summed E-state index contributed by atoms with van der Waals surface area (Å²) in [6.07, 6.45) is -0.289. The van der Waals surface area contributed by atoms with Gasteiger partial charge in [-0.15, -0.1) is 0 Å². The Bertz CT molecular complexity index is 782. The van der Waals surface area contributed by atoms with Crippen LogP contribution in [0.3, 0.4) is 0 Å². The van der Waals surface area contributed by atoms with Gasteiger partial charge >= 0.3 is 6.09 Å². The summed E-state index contributed by atoms with van der Waals surface area (Å²) in [5.41, 5.74) is 6.23. The molecule has 2 aliphatic heterocycles. The summed E-state index contributed by atoms with van der Waals surface area (Å²) in [5, 5.41) is 9.66. The standard InChI is InChI=1S/C19H21NO3/c1-10-13(9-21)15-14(10)16-11-7-5-6-8-12(11)17(15)20(16)18(22)23-19(2,3)4/h5-8,16-17,21H,9H2,1-4H3. The number of ether oxygens (including phenoxy) is 1. The van der Waals surface area contributed by atoms with Crippen LogP contribution in [0.2, 0.25) is 0 Å². The number of amides is 1. The zero-order chi connectivity index (χ0) is 16.5. The quantitative estimate of drug-likeness (QED) is 0.861. The molecule has 0 saturated carbocycles. The number of aliphatic hydroxyl groups is 1. The van der Waals surface area contributed by atoms with Crippen LogP contribution in [-0.2, 0) is 4.74 Å². The largest absolute Gasteiger partial charge is 0.444 e. The molecular formula is C19H21NO3. The Morgan fingerprint density at radius 2 is 1.74 bits per heavy atom. The van der Waals surface area contributed by atoms with E-state index in [9.17, 15) is 9.90 Å². The van der Waals surface area contributed by atoms with Crippen LogP contribution in [0.15, 0.2) is 46.6 Å². The van der Waals surface area contributed by atoms with Crippen molar-refractivity contribution in [3.63, 3.8) is 0 Å². The van der Waals surface area contributed by atoms with Gasteiger partial charge < -0.3 is 9.84 Å². The Kier molecular flexibility index (Phi) is 2.83. The van der Waals surface area contributed by atoms with Crippen molar-refractivity contribution in [1.82, 2.24) is 4.90 Å². The fourth-order valence-electron chi connectivity index (χ4n) is 4.11. The smallest absolute Gasteiger partial charge is 0.411 e. The summed E-state index contributed by atoms with van der Waals surface area (Å²) in [5.74, 6) is 0. The predicted molar refractivity (Wildman–Crippen MR) is 86.8 cm³/mol. The normalized spacial score (nSPS) is 24.7. The second kappa shape index (κ2) is 4.48. The number of hydrogen-bond donors (Lipinski definition) is 1. The number of rotatable bonds is 1. The lowest BCUT2D eigenvalue weighted by molar-refractivity contribution is 0.0190. The van der Waals surface area contributed by atoms with Crippen LogP contribution in [0, 0.1) is 0 Å². The van der Waals surface area contributed by atoms with Gasteiger partial charge in [0, 0.05) is 0 Å². The summed E-state index contributed by atoms with van der Waals surface area (Å²) in [6, 6.07) is 7.98. The molecular weight excluding hydrogens is 290 g/mol. The van der Waals surface area contributed by atoms with Crippen molar-refractivity contribution in [2.24, 2.45) is 0 Å². The molecule has 2 unspecified atom stereocenters. The second-order valence-electron chi connectivity index (χ2n) is 7.41. The van der Waals surface area contributed by atoms with E-state index in [1.807, 2.05) is 44.7 Å². The van der Waals surface area contributed by atoms with Crippen LogP contribution in [0.5, 0.6) is 0 Å². The van der Waals surface area contributed by atoms with Crippen LogP contribution in [0.25, 0.3) is 0 Å². The minimum Gasteiger partial charge on any atom is -0.444 e. The lowest BCUT2D eigenvalue weighted by Gasteiger charge is -2.31. The Labute approximate surface area is 136 Å². The first-order valence-corrected chi connectivity index (χ1v) is 8.00. The second-order valence-corrected chi connectivity index (χ2v) is 7.41. The van der Waals surface area contributed by atoms with E-state index >= 15 is 0 Å². The van der Waals surface area contributed by atoms with Crippen molar-refractivity contribution in [2.75, 3.05) is 6.61 Å². The molecule has 0 saturated heterocycles. The number of aliphatic hydroxyl groups excluding tert-OH is 1. The molecule has 120 valence electrons. The third kappa shape index (κ3) is 1.78. The number of carbonyl (C=O) groups excluding carboxylic acids is 1. The molecule has 4 rings (SSSR count). The highest BCUT2D eigenvalue weighted by Gasteiger charge is 2.56. The average Bonchev–Trinajstić information content (AvgIpc) is 2.94. The third-order valence-electron chi connectivity index (χ3n) is 4.92. The van der Waals surface area contributed by atoms with Crippen LogP contribution >= 0.6 is 0 Å². The minimum atomic E-state index is -0.526. The van der Waals surface area contributed by atoms with Crippen molar-refractivity contribution in [1.29, 1.82) is 0 Å². The molecule has 3 aliphatic rings. The zero-order valence-electron chi connectivity index (χ0n) is 13.9. The molecule has 0 aromatic heterocycles. The molecule has 2 bridgehead atoms. The van der Waals surface area contributed by atoms with Gasteiger partial charge in [0.05, 0.1) is 18.7 Å². The molecule has 1 aromatic rings. The molecule has 0 radical (unpaired) electrons. The molecule has 1 aliphatic carbocycles. The molecule has 1 aromatic carbocycles. The van der Waals surface area contributed by atoms with E-state index in [0.29, 0.717) is 0 Å². The van der Waals surface area contributed by atoms with Crippen molar-refractivity contribution in [2.45, 2.75) is 45.4 Å². The first-order valence-electron chi connectivity index (χ1n) is 8.00. The first kappa shape index (κ1) is 14.5. The van der Waals surface area contributed by atoms with Crippen molar-refractivity contribution < 1.29 is 14.6 Å². The van der Waals surface area contributed by atoms with Gasteiger partial charge in [0.1, 0.15) is 5.60 Å². The van der Waals surface area contributed by atoms with E-state index in [-0.39, 0.29) is 24.8 Å². The molecule has 1 N–H and O–H groups in total. The maximum absolute atomic E-state index is 12.8. The molecule has 0 spiro atoms. The van der Waals surface area contributed by atoms with Crippen molar-refractivity contribution >= 4 is 6.09 Å². The Balaban J connectivity index is 1.77. The number of hydrogen-bond acceptors (Lipinski definition) is 3. The predicted octanol–water partition coefficient (Wildman–Crippen LogP) is 3.65. The first-order chi connectivity index (χ1) is 10.8. The fraction of sp³-hybridized carbons (Fsp3) is 0.421. The summed E-state index contributed by atoms with van der Waals surface area (Å²) < 4.78 is 5.64. The molecule has 2 atom stereocenters. The maximum Gasteiger partial charge on any atom is 0.411 e. The van der Waals surface area contributed by atoms with Gasteiger partial charge in [-0.25, -0.2) is 4.79 Å². The van der Waals surface area contributed by atoms with Gasteiger partial charge in [0.25, 0.3) is 0 Å². The Morgan fingerprint density at radius 3 is 2.26 bits per heavy atom. The molecule has 4 nitrogen and oxygen atoms in total. The summed E-state index contributed by atoms with van der Waals surface area (Å²) >= 11 is 0. The third-order valence-corrected chi connectivity index (χ3v) is 4.92. The lowest BCUT2D eigenvalue weighted by atomic mass is 9.72. The van der Waals surface area contributed by atoms with Gasteiger partial charge in [-0.3, -0.25) is 4.90 Å².